The van der Waals surface area contributed by atoms with E-state index in [1.54, 1.807) is 27.7 Å². The SMILES string of the molecule is C=Cn1cc[n+](C)c1C=O. The molecule has 0 aliphatic carbocycles. The largest absolute Gasteiger partial charge is 0.326 e. The molecule has 0 unspecified atom stereocenters. The van der Waals surface area contributed by atoms with Crippen LogP contribution in [0.1, 0.15) is 10.6 Å². The first-order valence-corrected chi connectivity index (χ1v) is 2.93. The molecule has 52 valence electrons. The van der Waals surface area contributed by atoms with Crippen LogP contribution < -0.4 is 4.57 Å². The van der Waals surface area contributed by atoms with E-state index in [-0.39, 0.29) is 0 Å². The van der Waals surface area contributed by atoms with E-state index < -0.39 is 0 Å². The fourth-order valence-electron chi connectivity index (χ4n) is 0.805. The number of carbonyl (C=O) groups is 1. The molecule has 0 saturated carbocycles. The first-order chi connectivity index (χ1) is 4.79. The minimum Gasteiger partial charge on any atom is -0.289 e. The van der Waals surface area contributed by atoms with E-state index in [0.29, 0.717) is 5.82 Å². The molecule has 3 heteroatoms. The van der Waals surface area contributed by atoms with Crippen molar-refractivity contribution in [2.45, 2.75) is 0 Å². The van der Waals surface area contributed by atoms with Crippen molar-refractivity contribution in [3.63, 3.8) is 0 Å². The molecule has 0 aliphatic rings. The minimum absolute atomic E-state index is 0.593. The van der Waals surface area contributed by atoms with Gasteiger partial charge in [0.05, 0.1) is 13.2 Å². The summed E-state index contributed by atoms with van der Waals surface area (Å²) in [6, 6.07) is 0. The number of aldehydes is 1. The monoisotopic (exact) mass is 137 g/mol. The second kappa shape index (κ2) is 2.47. The van der Waals surface area contributed by atoms with E-state index >= 15 is 0 Å². The summed E-state index contributed by atoms with van der Waals surface area (Å²) >= 11 is 0. The highest BCUT2D eigenvalue weighted by Gasteiger charge is 2.08. The highest BCUT2D eigenvalue weighted by atomic mass is 16.1. The van der Waals surface area contributed by atoms with Crippen LogP contribution >= 0.6 is 0 Å². The molecule has 0 aromatic carbocycles. The number of nitrogens with zero attached hydrogens (tertiary/aromatic N) is 2. The van der Waals surface area contributed by atoms with Gasteiger partial charge in [-0.1, -0.05) is 6.58 Å². The van der Waals surface area contributed by atoms with Gasteiger partial charge in [0.15, 0.2) is 0 Å². The molecule has 1 heterocycles. The Morgan fingerprint density at radius 2 is 2.50 bits per heavy atom. The van der Waals surface area contributed by atoms with E-state index in [2.05, 4.69) is 6.58 Å². The van der Waals surface area contributed by atoms with Gasteiger partial charge >= 0.3 is 5.82 Å². The summed E-state index contributed by atoms with van der Waals surface area (Å²) < 4.78 is 3.39. The third-order valence-corrected chi connectivity index (χ3v) is 1.38. The van der Waals surface area contributed by atoms with Crippen LogP contribution in [-0.2, 0) is 7.05 Å². The third-order valence-electron chi connectivity index (χ3n) is 1.38. The van der Waals surface area contributed by atoms with Gasteiger partial charge in [0.25, 0.3) is 0 Å². The molecule has 0 saturated heterocycles. The Labute approximate surface area is 59.2 Å². The van der Waals surface area contributed by atoms with E-state index in [1.807, 2.05) is 7.05 Å². The predicted molar refractivity (Wildman–Crippen MR) is 37.4 cm³/mol. The molecule has 1 aromatic rings. The molecule has 0 aliphatic heterocycles. The van der Waals surface area contributed by atoms with Gasteiger partial charge in [-0.3, -0.25) is 4.79 Å². The van der Waals surface area contributed by atoms with E-state index in [1.165, 1.54) is 0 Å². The van der Waals surface area contributed by atoms with Crippen LogP contribution in [0.25, 0.3) is 6.20 Å². The van der Waals surface area contributed by atoms with Crippen LogP contribution in [-0.4, -0.2) is 10.9 Å². The quantitative estimate of drug-likeness (QED) is 0.423. The number of hydrogen-bond donors (Lipinski definition) is 0. The van der Waals surface area contributed by atoms with Crippen LogP contribution in [0.15, 0.2) is 19.0 Å². The molecule has 1 aromatic heterocycles. The Kier molecular flexibility index (Phi) is 1.67. The number of aryl methyl sites for hydroxylation is 1. The Hall–Kier alpha value is -1.38. The van der Waals surface area contributed by atoms with Crippen molar-refractivity contribution < 1.29 is 9.36 Å². The third kappa shape index (κ3) is 0.857. The first kappa shape index (κ1) is 6.74. The molecule has 3 nitrogen and oxygen atoms in total. The highest BCUT2D eigenvalue weighted by Crippen LogP contribution is 1.89. The molecular weight excluding hydrogens is 128 g/mol. The lowest BCUT2D eigenvalue weighted by molar-refractivity contribution is -0.672. The van der Waals surface area contributed by atoms with Gasteiger partial charge in [-0.25, -0.2) is 9.13 Å². The summed E-state index contributed by atoms with van der Waals surface area (Å²) in [6.45, 7) is 3.54. The van der Waals surface area contributed by atoms with E-state index in [9.17, 15) is 4.79 Å². The Balaban J connectivity index is 3.25. The number of hydrogen-bond acceptors (Lipinski definition) is 1. The van der Waals surface area contributed by atoms with Crippen LogP contribution in [0.5, 0.6) is 0 Å². The van der Waals surface area contributed by atoms with Gasteiger partial charge in [0, 0.05) is 0 Å². The normalized spacial score (nSPS) is 9.30. The second-order valence-corrected chi connectivity index (χ2v) is 1.97. The molecule has 0 bridgehead atoms. The maximum atomic E-state index is 10.4. The van der Waals surface area contributed by atoms with Crippen molar-refractivity contribution in [1.82, 2.24) is 4.57 Å². The molecule has 0 amide bonds. The summed E-state index contributed by atoms with van der Waals surface area (Å²) in [7, 11) is 1.81. The van der Waals surface area contributed by atoms with Gasteiger partial charge < -0.3 is 0 Å². The van der Waals surface area contributed by atoms with Crippen LogP contribution in [0.2, 0.25) is 0 Å². The van der Waals surface area contributed by atoms with Crippen molar-refractivity contribution >= 4 is 12.5 Å². The summed E-state index contributed by atoms with van der Waals surface area (Å²) in [5, 5.41) is 0. The van der Waals surface area contributed by atoms with Crippen LogP contribution in [0, 0.1) is 0 Å². The molecule has 1 rings (SSSR count). The van der Waals surface area contributed by atoms with Gasteiger partial charge in [0.1, 0.15) is 12.4 Å². The number of aromatic nitrogens is 2. The standard InChI is InChI=1S/C7H9N2O/c1-3-9-5-4-8(2)7(9)6-10/h3-6H,1H2,2H3/q+1. The van der Waals surface area contributed by atoms with Crippen LogP contribution in [0.3, 0.4) is 0 Å². The average molecular weight is 137 g/mol. The smallest absolute Gasteiger partial charge is 0.289 e. The number of rotatable bonds is 2. The first-order valence-electron chi connectivity index (χ1n) is 2.93. The van der Waals surface area contributed by atoms with Gasteiger partial charge in [-0.2, -0.15) is 0 Å². The van der Waals surface area contributed by atoms with E-state index in [4.69, 9.17) is 0 Å². The molecule has 0 spiro atoms. The van der Waals surface area contributed by atoms with Crippen LogP contribution in [0.4, 0.5) is 0 Å². The fraction of sp³-hybridized carbons (Fsp3) is 0.143. The highest BCUT2D eigenvalue weighted by molar-refractivity contribution is 5.68. The van der Waals surface area contributed by atoms with Crippen molar-refractivity contribution in [2.75, 3.05) is 0 Å². The Morgan fingerprint density at radius 1 is 1.80 bits per heavy atom. The molecule has 10 heavy (non-hydrogen) atoms. The summed E-state index contributed by atoms with van der Waals surface area (Å²) in [6.07, 6.45) is 5.95. The summed E-state index contributed by atoms with van der Waals surface area (Å²) in [4.78, 5) is 10.4. The lowest BCUT2D eigenvalue weighted by Crippen LogP contribution is -2.31. The van der Waals surface area contributed by atoms with Gasteiger partial charge in [0.2, 0.25) is 6.29 Å². The average Bonchev–Trinajstić information content (AvgIpc) is 2.30. The number of carbonyl (C=O) groups excluding carboxylic acids is 1. The van der Waals surface area contributed by atoms with Gasteiger partial charge in [-0.05, 0) is 0 Å². The zero-order chi connectivity index (χ0) is 7.56. The molecule has 0 radical (unpaired) electrons. The zero-order valence-corrected chi connectivity index (χ0v) is 5.82. The summed E-state index contributed by atoms with van der Waals surface area (Å²) in [5.41, 5.74) is 0. The Bertz CT molecular complexity index is 263. The topological polar surface area (TPSA) is 25.9 Å². The maximum absolute atomic E-state index is 10.4. The molecule has 0 atom stereocenters. The predicted octanol–water partition coefficient (Wildman–Crippen LogP) is 0.226. The zero-order valence-electron chi connectivity index (χ0n) is 5.82. The van der Waals surface area contributed by atoms with Crippen molar-refractivity contribution in [3.05, 3.63) is 24.8 Å². The Morgan fingerprint density at radius 3 is 2.90 bits per heavy atom. The minimum atomic E-state index is 0.593. The van der Waals surface area contributed by atoms with Crippen molar-refractivity contribution in [3.8, 4) is 0 Å². The van der Waals surface area contributed by atoms with Crippen molar-refractivity contribution in [2.24, 2.45) is 7.05 Å². The van der Waals surface area contributed by atoms with E-state index in [0.717, 1.165) is 6.29 Å². The second-order valence-electron chi connectivity index (χ2n) is 1.97. The lowest BCUT2D eigenvalue weighted by Gasteiger charge is -1.85. The fourth-order valence-corrected chi connectivity index (χ4v) is 0.805. The van der Waals surface area contributed by atoms with Gasteiger partial charge in [-0.15, -0.1) is 0 Å². The lowest BCUT2D eigenvalue weighted by atomic mass is 10.6. The molecular formula is C7H9N2O+. The summed E-state index contributed by atoms with van der Waals surface area (Å²) in [5.74, 6) is 0.593. The number of imidazole rings is 1. The maximum Gasteiger partial charge on any atom is 0.326 e. The van der Waals surface area contributed by atoms with Crippen molar-refractivity contribution in [1.29, 1.82) is 0 Å². The molecule has 0 fully saturated rings. The molecule has 0 N–H and O–H groups in total.